The molecule has 3 atom stereocenters. The molecule has 0 radical (unpaired) electrons. The van der Waals surface area contributed by atoms with Gasteiger partial charge in [-0.2, -0.15) is 5.26 Å². The fraction of sp³-hybridized carbons (Fsp3) is 0.476. The first kappa shape index (κ1) is 19.3. The number of hydrogen-bond donors (Lipinski definition) is 4. The maximum absolute atomic E-state index is 9.26. The van der Waals surface area contributed by atoms with Crippen molar-refractivity contribution in [2.75, 3.05) is 17.2 Å². The van der Waals surface area contributed by atoms with Gasteiger partial charge in [0, 0.05) is 54.9 Å². The molecule has 2 aliphatic heterocycles. The van der Waals surface area contributed by atoms with Crippen molar-refractivity contribution in [2.45, 2.75) is 56.8 Å². The SMILES string of the molecule is N#CCCN1C2CC[C@H]1C[C@H](Nc1nc(Nc3ncc(CO)s3)cc3[nH]ccc13)C2. The van der Waals surface area contributed by atoms with Gasteiger partial charge in [-0.15, -0.1) is 0 Å². The number of pyridine rings is 1. The molecule has 2 aliphatic rings. The molecular formula is C21H25N7OS. The van der Waals surface area contributed by atoms with Crippen LogP contribution in [0.25, 0.3) is 10.9 Å². The van der Waals surface area contributed by atoms with Crippen molar-refractivity contribution in [3.8, 4) is 6.07 Å². The summed E-state index contributed by atoms with van der Waals surface area (Å²) < 4.78 is 0. The predicted molar refractivity (Wildman–Crippen MR) is 118 cm³/mol. The van der Waals surface area contributed by atoms with Crippen LogP contribution in [0.2, 0.25) is 0 Å². The fourth-order valence-electron chi connectivity index (χ4n) is 4.91. The average molecular weight is 424 g/mol. The topological polar surface area (TPSA) is 113 Å². The van der Waals surface area contributed by atoms with Gasteiger partial charge in [-0.3, -0.25) is 4.90 Å². The van der Waals surface area contributed by atoms with Crippen LogP contribution in [-0.2, 0) is 6.61 Å². The summed E-state index contributed by atoms with van der Waals surface area (Å²) in [5, 5.41) is 27.0. The highest BCUT2D eigenvalue weighted by molar-refractivity contribution is 7.15. The summed E-state index contributed by atoms with van der Waals surface area (Å²) in [5.41, 5.74) is 1.02. The lowest BCUT2D eigenvalue weighted by molar-refractivity contribution is 0.136. The van der Waals surface area contributed by atoms with Crippen molar-refractivity contribution in [3.05, 3.63) is 29.4 Å². The molecule has 0 aromatic carbocycles. The van der Waals surface area contributed by atoms with Crippen LogP contribution in [0.3, 0.4) is 0 Å². The van der Waals surface area contributed by atoms with Gasteiger partial charge in [0.05, 0.1) is 23.1 Å². The third kappa shape index (κ3) is 3.74. The van der Waals surface area contributed by atoms with Crippen LogP contribution >= 0.6 is 11.3 Å². The maximum Gasteiger partial charge on any atom is 0.188 e. The molecule has 2 saturated heterocycles. The van der Waals surface area contributed by atoms with Crippen molar-refractivity contribution in [1.82, 2.24) is 19.9 Å². The number of anilines is 3. The first-order valence-electron chi connectivity index (χ1n) is 10.4. The minimum absolute atomic E-state index is 0.00928. The van der Waals surface area contributed by atoms with Gasteiger partial charge >= 0.3 is 0 Å². The zero-order valence-electron chi connectivity index (χ0n) is 16.6. The summed E-state index contributed by atoms with van der Waals surface area (Å²) in [7, 11) is 0. The van der Waals surface area contributed by atoms with Crippen molar-refractivity contribution >= 4 is 39.0 Å². The Morgan fingerprint density at radius 2 is 2.17 bits per heavy atom. The molecule has 9 heteroatoms. The van der Waals surface area contributed by atoms with Gasteiger partial charge < -0.3 is 20.7 Å². The lowest BCUT2D eigenvalue weighted by Gasteiger charge is -2.39. The molecule has 0 aliphatic carbocycles. The number of piperidine rings is 1. The molecule has 3 aromatic rings. The number of aliphatic hydroxyl groups excluding tert-OH is 1. The molecule has 2 bridgehead atoms. The second kappa shape index (κ2) is 8.22. The minimum atomic E-state index is -0.00928. The molecule has 0 spiro atoms. The van der Waals surface area contributed by atoms with E-state index in [0.717, 1.165) is 46.8 Å². The number of thiazole rings is 1. The van der Waals surface area contributed by atoms with Crippen LogP contribution in [0.4, 0.5) is 16.8 Å². The summed E-state index contributed by atoms with van der Waals surface area (Å²) in [4.78, 5) is 15.8. The van der Waals surface area contributed by atoms with Crippen molar-refractivity contribution < 1.29 is 5.11 Å². The summed E-state index contributed by atoms with van der Waals surface area (Å²) in [6.07, 6.45) is 8.83. The molecule has 3 aromatic heterocycles. The van der Waals surface area contributed by atoms with Gasteiger partial charge in [0.25, 0.3) is 0 Å². The third-order valence-electron chi connectivity index (χ3n) is 6.20. The summed E-state index contributed by atoms with van der Waals surface area (Å²) in [6, 6.07) is 7.82. The number of rotatable bonds is 7. The highest BCUT2D eigenvalue weighted by atomic mass is 32.1. The standard InChI is InChI=1S/C21H25N7OS/c22-5-1-7-28-14-2-3-15(28)9-13(8-14)25-20-17-4-6-23-18(17)10-19(26-20)27-21-24-11-16(12-29)30-21/h4,6,10-11,13-15,23,29H,1-3,7-9,12H2,(H2,24,25,26,27)/t13-,14-,15?/m0/s1. The van der Waals surface area contributed by atoms with Crippen molar-refractivity contribution in [2.24, 2.45) is 0 Å². The highest BCUT2D eigenvalue weighted by Gasteiger charge is 2.40. The van der Waals surface area contributed by atoms with Gasteiger partial charge in [-0.1, -0.05) is 11.3 Å². The number of aliphatic hydroxyl groups is 1. The molecule has 156 valence electrons. The van der Waals surface area contributed by atoms with E-state index < -0.39 is 0 Å². The molecular weight excluding hydrogens is 398 g/mol. The average Bonchev–Trinajstić information content (AvgIpc) is 3.45. The number of hydrogen-bond acceptors (Lipinski definition) is 8. The Balaban J connectivity index is 1.34. The van der Waals surface area contributed by atoms with E-state index in [1.807, 2.05) is 12.3 Å². The molecule has 4 N–H and O–H groups in total. The Kier molecular flexibility index (Phi) is 5.29. The first-order chi connectivity index (χ1) is 14.7. The Hall–Kier alpha value is -2.67. The summed E-state index contributed by atoms with van der Waals surface area (Å²) >= 11 is 1.42. The largest absolute Gasteiger partial charge is 0.391 e. The van der Waals surface area contributed by atoms with E-state index in [0.29, 0.717) is 29.7 Å². The number of nitrogens with one attached hydrogen (secondary N) is 3. The zero-order valence-corrected chi connectivity index (χ0v) is 17.5. The first-order valence-corrected chi connectivity index (χ1v) is 11.2. The van der Waals surface area contributed by atoms with Crippen LogP contribution < -0.4 is 10.6 Å². The van der Waals surface area contributed by atoms with Crippen LogP contribution in [-0.4, -0.2) is 49.6 Å². The van der Waals surface area contributed by atoms with Crippen LogP contribution in [0.1, 0.15) is 37.0 Å². The summed E-state index contributed by atoms with van der Waals surface area (Å²) in [5.74, 6) is 1.60. The fourth-order valence-corrected chi connectivity index (χ4v) is 5.59. The minimum Gasteiger partial charge on any atom is -0.391 e. The molecule has 8 nitrogen and oxygen atoms in total. The Bertz CT molecular complexity index is 1060. The Labute approximate surface area is 179 Å². The van der Waals surface area contributed by atoms with Gasteiger partial charge in [-0.25, -0.2) is 9.97 Å². The molecule has 5 rings (SSSR count). The van der Waals surface area contributed by atoms with Gasteiger partial charge in [-0.05, 0) is 31.7 Å². The molecule has 2 fully saturated rings. The molecule has 0 amide bonds. The van der Waals surface area contributed by atoms with Gasteiger partial charge in [0.2, 0.25) is 0 Å². The second-order valence-corrected chi connectivity index (χ2v) is 9.17. The van der Waals surface area contributed by atoms with E-state index in [1.54, 1.807) is 6.20 Å². The van der Waals surface area contributed by atoms with E-state index in [1.165, 1.54) is 24.2 Å². The number of aromatic nitrogens is 3. The van der Waals surface area contributed by atoms with E-state index in [4.69, 9.17) is 10.2 Å². The van der Waals surface area contributed by atoms with Gasteiger partial charge in [0.1, 0.15) is 11.6 Å². The Morgan fingerprint density at radius 1 is 1.33 bits per heavy atom. The number of nitrogens with zero attached hydrogens (tertiary/aromatic N) is 4. The summed E-state index contributed by atoms with van der Waals surface area (Å²) in [6.45, 7) is 0.881. The highest BCUT2D eigenvalue weighted by Crippen LogP contribution is 2.37. The van der Waals surface area contributed by atoms with Crippen LogP contribution in [0.15, 0.2) is 24.5 Å². The zero-order chi connectivity index (χ0) is 20.5. The van der Waals surface area contributed by atoms with E-state index in [2.05, 4.69) is 37.6 Å². The van der Waals surface area contributed by atoms with Crippen LogP contribution in [0, 0.1) is 11.3 Å². The smallest absolute Gasteiger partial charge is 0.188 e. The number of aromatic amines is 1. The monoisotopic (exact) mass is 423 g/mol. The molecule has 5 heterocycles. The number of fused-ring (bicyclic) bond motifs is 3. The molecule has 1 unspecified atom stereocenters. The van der Waals surface area contributed by atoms with Crippen molar-refractivity contribution in [1.29, 1.82) is 5.26 Å². The third-order valence-corrected chi connectivity index (χ3v) is 7.10. The lowest BCUT2D eigenvalue weighted by Crippen LogP contribution is -2.47. The Morgan fingerprint density at radius 3 is 2.90 bits per heavy atom. The van der Waals surface area contributed by atoms with E-state index in [-0.39, 0.29) is 6.61 Å². The second-order valence-electron chi connectivity index (χ2n) is 8.05. The van der Waals surface area contributed by atoms with Crippen LogP contribution in [0.5, 0.6) is 0 Å². The van der Waals surface area contributed by atoms with E-state index >= 15 is 0 Å². The van der Waals surface area contributed by atoms with E-state index in [9.17, 15) is 5.11 Å². The van der Waals surface area contributed by atoms with Gasteiger partial charge in [0.15, 0.2) is 5.13 Å². The number of H-pyrrole nitrogens is 1. The molecule has 30 heavy (non-hydrogen) atoms. The number of nitriles is 1. The quantitative estimate of drug-likeness (QED) is 0.459. The predicted octanol–water partition coefficient (Wildman–Crippen LogP) is 3.58. The van der Waals surface area contributed by atoms with Crippen molar-refractivity contribution in [3.63, 3.8) is 0 Å². The normalized spacial score (nSPS) is 23.5. The maximum atomic E-state index is 9.26. The molecule has 0 saturated carbocycles. The lowest BCUT2D eigenvalue weighted by atomic mass is 9.97.